The summed E-state index contributed by atoms with van der Waals surface area (Å²) in [5.41, 5.74) is 1.55. The molecule has 2 N–H and O–H groups in total. The van der Waals surface area contributed by atoms with E-state index in [4.69, 9.17) is 4.74 Å². The lowest BCUT2D eigenvalue weighted by molar-refractivity contribution is 0.251. The Balaban J connectivity index is 1.78. The average Bonchev–Trinajstić information content (AvgIpc) is 2.55. The SMILES string of the molecule is COc1ccc(CCNC(=O)Nc2cccc(SC(F)F)c2)cc1. The van der Waals surface area contributed by atoms with Gasteiger partial charge in [0.15, 0.2) is 0 Å². The van der Waals surface area contributed by atoms with E-state index in [9.17, 15) is 13.6 Å². The zero-order valence-electron chi connectivity index (χ0n) is 13.1. The van der Waals surface area contributed by atoms with Crippen molar-refractivity contribution in [1.82, 2.24) is 5.32 Å². The first-order valence-electron chi connectivity index (χ1n) is 7.29. The molecular formula is C17H18F2N2O2S. The summed E-state index contributed by atoms with van der Waals surface area (Å²) in [5, 5.41) is 5.36. The number of amides is 2. The molecule has 0 fully saturated rings. The van der Waals surface area contributed by atoms with E-state index < -0.39 is 5.76 Å². The van der Waals surface area contributed by atoms with Crippen LogP contribution in [0, 0.1) is 0 Å². The Morgan fingerprint density at radius 1 is 1.21 bits per heavy atom. The number of halogens is 2. The van der Waals surface area contributed by atoms with Gasteiger partial charge in [-0.2, -0.15) is 8.78 Å². The van der Waals surface area contributed by atoms with Crippen molar-refractivity contribution < 1.29 is 18.3 Å². The third-order valence-corrected chi connectivity index (χ3v) is 3.88. The molecule has 0 saturated heterocycles. The summed E-state index contributed by atoms with van der Waals surface area (Å²) in [5.74, 6) is -1.70. The number of urea groups is 1. The van der Waals surface area contributed by atoms with E-state index in [-0.39, 0.29) is 6.03 Å². The predicted octanol–water partition coefficient (Wildman–Crippen LogP) is 4.37. The minimum atomic E-state index is -2.49. The lowest BCUT2D eigenvalue weighted by Crippen LogP contribution is -2.30. The molecule has 2 rings (SSSR count). The van der Waals surface area contributed by atoms with E-state index in [1.54, 1.807) is 25.3 Å². The van der Waals surface area contributed by atoms with E-state index in [1.165, 1.54) is 6.07 Å². The highest BCUT2D eigenvalue weighted by Crippen LogP contribution is 2.27. The van der Waals surface area contributed by atoms with Crippen molar-refractivity contribution in [1.29, 1.82) is 0 Å². The molecule has 2 aromatic rings. The number of alkyl halides is 2. The smallest absolute Gasteiger partial charge is 0.319 e. The van der Waals surface area contributed by atoms with E-state index in [2.05, 4.69) is 10.6 Å². The number of nitrogens with one attached hydrogen (secondary N) is 2. The van der Waals surface area contributed by atoms with Crippen molar-refractivity contribution in [2.24, 2.45) is 0 Å². The van der Waals surface area contributed by atoms with E-state index in [0.29, 0.717) is 35.3 Å². The number of ether oxygens (including phenoxy) is 1. The summed E-state index contributed by atoms with van der Waals surface area (Å²) in [7, 11) is 1.61. The van der Waals surface area contributed by atoms with Crippen LogP contribution in [-0.2, 0) is 6.42 Å². The number of hydrogen-bond acceptors (Lipinski definition) is 3. The van der Waals surface area contributed by atoms with Gasteiger partial charge in [0, 0.05) is 17.1 Å². The van der Waals surface area contributed by atoms with E-state index >= 15 is 0 Å². The molecule has 0 aromatic heterocycles. The summed E-state index contributed by atoms with van der Waals surface area (Å²) in [6, 6.07) is 13.6. The van der Waals surface area contributed by atoms with Gasteiger partial charge in [0.1, 0.15) is 5.75 Å². The summed E-state index contributed by atoms with van der Waals surface area (Å²) in [4.78, 5) is 12.2. The highest BCUT2D eigenvalue weighted by molar-refractivity contribution is 7.99. The van der Waals surface area contributed by atoms with Crippen LogP contribution < -0.4 is 15.4 Å². The van der Waals surface area contributed by atoms with Crippen molar-refractivity contribution in [2.75, 3.05) is 19.0 Å². The van der Waals surface area contributed by atoms with E-state index in [0.717, 1.165) is 11.3 Å². The van der Waals surface area contributed by atoms with Crippen LogP contribution in [0.1, 0.15) is 5.56 Å². The van der Waals surface area contributed by atoms with Crippen molar-refractivity contribution in [3.05, 3.63) is 54.1 Å². The van der Waals surface area contributed by atoms with Gasteiger partial charge < -0.3 is 15.4 Å². The molecule has 0 spiro atoms. The Bertz CT molecular complexity index is 666. The van der Waals surface area contributed by atoms with Crippen LogP contribution in [0.15, 0.2) is 53.4 Å². The maximum absolute atomic E-state index is 12.3. The standard InChI is InChI=1S/C17H18F2N2O2S/c1-23-14-7-5-12(6-8-14)9-10-20-17(22)21-13-3-2-4-15(11-13)24-16(18)19/h2-8,11,16H,9-10H2,1H3,(H2,20,21,22). The third-order valence-electron chi connectivity index (χ3n) is 3.18. The molecule has 0 aliphatic heterocycles. The van der Waals surface area contributed by atoms with Crippen molar-refractivity contribution in [3.8, 4) is 5.75 Å². The quantitative estimate of drug-likeness (QED) is 0.728. The Morgan fingerprint density at radius 3 is 2.62 bits per heavy atom. The van der Waals surface area contributed by atoms with Crippen molar-refractivity contribution in [2.45, 2.75) is 17.1 Å². The minimum Gasteiger partial charge on any atom is -0.497 e. The number of benzene rings is 2. The predicted molar refractivity (Wildman–Crippen MR) is 92.0 cm³/mol. The summed E-state index contributed by atoms with van der Waals surface area (Å²) < 4.78 is 29.8. The van der Waals surface area contributed by atoms with Crippen LogP contribution >= 0.6 is 11.8 Å². The third kappa shape index (κ3) is 6.08. The fraction of sp³-hybridized carbons (Fsp3) is 0.235. The first kappa shape index (κ1) is 18.1. The Hall–Kier alpha value is -2.28. The fourth-order valence-electron chi connectivity index (χ4n) is 2.04. The molecule has 0 unspecified atom stereocenters. The summed E-state index contributed by atoms with van der Waals surface area (Å²) in [6.45, 7) is 0.462. The Labute approximate surface area is 143 Å². The van der Waals surface area contributed by atoms with Crippen molar-refractivity contribution in [3.63, 3.8) is 0 Å². The molecule has 24 heavy (non-hydrogen) atoms. The van der Waals surface area contributed by atoms with Crippen molar-refractivity contribution >= 4 is 23.5 Å². The van der Waals surface area contributed by atoms with Gasteiger partial charge in [-0.3, -0.25) is 0 Å². The molecule has 4 nitrogen and oxygen atoms in total. The molecule has 7 heteroatoms. The van der Waals surface area contributed by atoms with Gasteiger partial charge in [0.25, 0.3) is 5.76 Å². The second-order valence-electron chi connectivity index (χ2n) is 4.89. The number of carbonyl (C=O) groups is 1. The Morgan fingerprint density at radius 2 is 1.96 bits per heavy atom. The number of carbonyl (C=O) groups excluding carboxylic acids is 1. The molecular weight excluding hydrogens is 334 g/mol. The minimum absolute atomic E-state index is 0.372. The fourth-order valence-corrected chi connectivity index (χ4v) is 2.60. The molecule has 0 saturated carbocycles. The zero-order chi connectivity index (χ0) is 17.4. The van der Waals surface area contributed by atoms with Crippen LogP contribution in [0.2, 0.25) is 0 Å². The van der Waals surface area contributed by atoms with Crippen LogP contribution in [0.3, 0.4) is 0 Å². The van der Waals surface area contributed by atoms with Gasteiger partial charge in [-0.1, -0.05) is 30.0 Å². The number of rotatable bonds is 7. The molecule has 0 radical (unpaired) electrons. The van der Waals surface area contributed by atoms with Crippen LogP contribution in [0.25, 0.3) is 0 Å². The maximum Gasteiger partial charge on any atom is 0.319 e. The van der Waals surface area contributed by atoms with Crippen LogP contribution in [0.4, 0.5) is 19.3 Å². The maximum atomic E-state index is 12.3. The second-order valence-corrected chi connectivity index (χ2v) is 5.95. The monoisotopic (exact) mass is 352 g/mol. The first-order chi connectivity index (χ1) is 11.6. The highest BCUT2D eigenvalue weighted by Gasteiger charge is 2.07. The van der Waals surface area contributed by atoms with Gasteiger partial charge in [-0.25, -0.2) is 4.79 Å². The lowest BCUT2D eigenvalue weighted by atomic mass is 10.1. The number of methoxy groups -OCH3 is 1. The number of anilines is 1. The van der Waals surface area contributed by atoms with Gasteiger partial charge in [0.2, 0.25) is 0 Å². The molecule has 0 aliphatic rings. The van der Waals surface area contributed by atoms with Gasteiger partial charge in [-0.15, -0.1) is 0 Å². The lowest BCUT2D eigenvalue weighted by Gasteiger charge is -2.09. The zero-order valence-corrected chi connectivity index (χ0v) is 13.9. The largest absolute Gasteiger partial charge is 0.497 e. The van der Waals surface area contributed by atoms with Crippen LogP contribution in [-0.4, -0.2) is 25.4 Å². The van der Waals surface area contributed by atoms with E-state index in [1.807, 2.05) is 24.3 Å². The van der Waals surface area contributed by atoms with Gasteiger partial charge in [0.05, 0.1) is 7.11 Å². The topological polar surface area (TPSA) is 50.4 Å². The molecule has 128 valence electrons. The molecule has 2 aromatic carbocycles. The van der Waals surface area contributed by atoms with Gasteiger partial charge >= 0.3 is 6.03 Å². The van der Waals surface area contributed by atoms with Gasteiger partial charge in [-0.05, 0) is 42.3 Å². The molecule has 0 atom stereocenters. The molecule has 0 aliphatic carbocycles. The first-order valence-corrected chi connectivity index (χ1v) is 8.17. The second kappa shape index (κ2) is 9.12. The summed E-state index contributed by atoms with van der Waals surface area (Å²) in [6.07, 6.45) is 0.679. The average molecular weight is 352 g/mol. The summed E-state index contributed by atoms with van der Waals surface area (Å²) >= 11 is 0.443. The molecule has 2 amide bonds. The normalized spacial score (nSPS) is 10.5. The number of thioether (sulfide) groups is 1. The van der Waals surface area contributed by atoms with Crippen LogP contribution in [0.5, 0.6) is 5.75 Å². The Kier molecular flexibility index (Phi) is 6.87. The number of hydrogen-bond donors (Lipinski definition) is 2. The molecule has 0 heterocycles. The highest BCUT2D eigenvalue weighted by atomic mass is 32.2. The molecule has 0 bridgehead atoms.